The molecule has 0 bridgehead atoms. The molecule has 1 unspecified atom stereocenters. The lowest BCUT2D eigenvalue weighted by Crippen LogP contribution is -2.37. The van der Waals surface area contributed by atoms with Gasteiger partial charge in [0.2, 0.25) is 5.91 Å². The van der Waals surface area contributed by atoms with Gasteiger partial charge in [0.05, 0.1) is 7.11 Å². The van der Waals surface area contributed by atoms with Gasteiger partial charge in [0.25, 0.3) is 0 Å². The van der Waals surface area contributed by atoms with Crippen molar-refractivity contribution in [1.29, 1.82) is 0 Å². The number of hydrogen-bond donors (Lipinski definition) is 2. The topological polar surface area (TPSA) is 67.4 Å². The predicted molar refractivity (Wildman–Crippen MR) is 107 cm³/mol. The number of amides is 1. The molecule has 0 aliphatic rings. The molecule has 142 valence electrons. The molecule has 0 spiro atoms. The molecule has 5 heteroatoms. The number of methoxy groups -OCH3 is 1. The Morgan fingerprint density at radius 3 is 1.62 bits per heavy atom. The number of rotatable bonds is 4. The van der Waals surface area contributed by atoms with Crippen LogP contribution < -0.4 is 10.6 Å². The van der Waals surface area contributed by atoms with Crippen molar-refractivity contribution in [2.75, 3.05) is 20.7 Å². The molecule has 0 fully saturated rings. The van der Waals surface area contributed by atoms with Crippen molar-refractivity contribution in [2.24, 2.45) is 0 Å². The zero-order valence-corrected chi connectivity index (χ0v) is 16.3. The van der Waals surface area contributed by atoms with Crippen LogP contribution in [0.25, 0.3) is 11.1 Å². The fourth-order valence-corrected chi connectivity index (χ4v) is 1.80. The number of benzene rings is 2. The summed E-state index contributed by atoms with van der Waals surface area (Å²) in [6, 6.07) is 20.2. The molecule has 0 saturated heterocycles. The van der Waals surface area contributed by atoms with E-state index in [-0.39, 0.29) is 5.91 Å². The van der Waals surface area contributed by atoms with Gasteiger partial charge in [0.15, 0.2) is 0 Å². The lowest BCUT2D eigenvalue weighted by atomic mass is 10.1. The number of carbonyl (C=O) groups is 2. The minimum Gasteiger partial charge on any atom is -0.467 e. The first kappa shape index (κ1) is 23.3. The van der Waals surface area contributed by atoms with Crippen molar-refractivity contribution in [3.63, 3.8) is 0 Å². The Bertz CT molecular complexity index is 576. The molecule has 2 aromatic rings. The van der Waals surface area contributed by atoms with E-state index in [4.69, 9.17) is 0 Å². The highest BCUT2D eigenvalue weighted by Crippen LogP contribution is 2.17. The Labute approximate surface area is 156 Å². The van der Waals surface area contributed by atoms with Gasteiger partial charge in [-0.3, -0.25) is 4.79 Å². The number of esters is 1. The maximum Gasteiger partial charge on any atom is 0.328 e. The Kier molecular flexibility index (Phi) is 13.2. The van der Waals surface area contributed by atoms with Crippen LogP contribution in [-0.4, -0.2) is 38.6 Å². The lowest BCUT2D eigenvalue weighted by Gasteiger charge is -2.08. The van der Waals surface area contributed by atoms with Crippen LogP contribution in [0.5, 0.6) is 0 Å². The first-order valence-electron chi connectivity index (χ1n) is 8.56. The molecule has 2 rings (SSSR count). The van der Waals surface area contributed by atoms with Crippen molar-refractivity contribution < 1.29 is 14.3 Å². The summed E-state index contributed by atoms with van der Waals surface area (Å²) in [4.78, 5) is 21.0. The maximum absolute atomic E-state index is 10.6. The molecule has 0 heterocycles. The van der Waals surface area contributed by atoms with E-state index in [0.717, 1.165) is 6.54 Å². The van der Waals surface area contributed by atoms with Crippen molar-refractivity contribution in [3.05, 3.63) is 60.7 Å². The molecule has 5 nitrogen and oxygen atoms in total. The van der Waals surface area contributed by atoms with Crippen LogP contribution >= 0.6 is 0 Å². The van der Waals surface area contributed by atoms with Crippen molar-refractivity contribution in [2.45, 2.75) is 26.8 Å². The summed E-state index contributed by atoms with van der Waals surface area (Å²) in [7, 11) is 3.21. The van der Waals surface area contributed by atoms with Crippen LogP contribution in [0, 0.1) is 0 Å². The number of hydrogen-bond acceptors (Lipinski definition) is 4. The van der Waals surface area contributed by atoms with Gasteiger partial charge in [-0.15, -0.1) is 0 Å². The molecule has 0 aliphatic heterocycles. The monoisotopic (exact) mass is 358 g/mol. The third-order valence-corrected chi connectivity index (χ3v) is 3.21. The molecule has 0 radical (unpaired) electrons. The highest BCUT2D eigenvalue weighted by Gasteiger charge is 2.12. The first-order chi connectivity index (χ1) is 12.5. The largest absolute Gasteiger partial charge is 0.467 e. The zero-order chi connectivity index (χ0) is 19.8. The second-order valence-corrected chi connectivity index (χ2v) is 5.38. The number of ether oxygens (including phenoxy) is 1. The highest BCUT2D eigenvalue weighted by molar-refractivity contribution is 5.82. The third-order valence-electron chi connectivity index (χ3n) is 3.21. The molecule has 2 aromatic carbocycles. The second-order valence-electron chi connectivity index (χ2n) is 5.38. The van der Waals surface area contributed by atoms with E-state index in [1.54, 1.807) is 6.92 Å². The smallest absolute Gasteiger partial charge is 0.328 e. The minimum absolute atomic E-state index is 0.238. The molecule has 1 amide bonds. The molecule has 0 aliphatic carbocycles. The minimum atomic E-state index is -0.553. The zero-order valence-electron chi connectivity index (χ0n) is 16.3. The summed E-state index contributed by atoms with van der Waals surface area (Å²) >= 11 is 0. The van der Waals surface area contributed by atoms with Gasteiger partial charge in [-0.05, 0) is 31.6 Å². The van der Waals surface area contributed by atoms with E-state index < -0.39 is 12.0 Å². The Balaban J connectivity index is 0.000000407. The quantitative estimate of drug-likeness (QED) is 0.823. The fraction of sp³-hybridized carbons (Fsp3) is 0.333. The number of carbonyl (C=O) groups excluding carboxylic acids is 2. The summed E-state index contributed by atoms with van der Waals surface area (Å²) in [5.74, 6) is -0.673. The van der Waals surface area contributed by atoms with Gasteiger partial charge in [0.1, 0.15) is 6.04 Å². The van der Waals surface area contributed by atoms with E-state index >= 15 is 0 Å². The summed E-state index contributed by atoms with van der Waals surface area (Å²) in [6.07, 6.45) is 0. The third kappa shape index (κ3) is 11.0. The highest BCUT2D eigenvalue weighted by atomic mass is 16.5. The SMILES string of the molecule is CCNC.COC(=O)C(C)NC(C)=O.c1ccc(-c2ccccc2)cc1. The van der Waals surface area contributed by atoms with Crippen molar-refractivity contribution >= 4 is 11.9 Å². The summed E-state index contributed by atoms with van der Waals surface area (Å²) in [5, 5.41) is 5.31. The average molecular weight is 358 g/mol. The van der Waals surface area contributed by atoms with Crippen molar-refractivity contribution in [1.82, 2.24) is 10.6 Å². The molecular weight excluding hydrogens is 328 g/mol. The van der Waals surface area contributed by atoms with E-state index in [1.165, 1.54) is 25.2 Å². The molecule has 26 heavy (non-hydrogen) atoms. The Morgan fingerprint density at radius 1 is 0.962 bits per heavy atom. The average Bonchev–Trinajstić information content (AvgIpc) is 2.69. The van der Waals surface area contributed by atoms with Crippen LogP contribution in [0.2, 0.25) is 0 Å². The fourth-order valence-electron chi connectivity index (χ4n) is 1.80. The van der Waals surface area contributed by atoms with E-state index in [9.17, 15) is 9.59 Å². The molecule has 0 saturated carbocycles. The van der Waals surface area contributed by atoms with Crippen molar-refractivity contribution in [3.8, 4) is 11.1 Å². The first-order valence-corrected chi connectivity index (χ1v) is 8.56. The summed E-state index contributed by atoms with van der Waals surface area (Å²) in [6.45, 7) is 6.05. The van der Waals surface area contributed by atoms with Gasteiger partial charge in [-0.2, -0.15) is 0 Å². The molecule has 2 N–H and O–H groups in total. The van der Waals surface area contributed by atoms with Crippen LogP contribution in [-0.2, 0) is 14.3 Å². The lowest BCUT2D eigenvalue weighted by molar-refractivity contribution is -0.144. The van der Waals surface area contributed by atoms with Crippen LogP contribution in [0.3, 0.4) is 0 Å². The molecular formula is C21H30N2O3. The van der Waals surface area contributed by atoms with Gasteiger partial charge in [-0.1, -0.05) is 67.6 Å². The van der Waals surface area contributed by atoms with Gasteiger partial charge in [0, 0.05) is 6.92 Å². The standard InChI is InChI=1S/C12H10.C6H11NO3.C3H9N/c1-3-7-11(8-4-1)12-9-5-2-6-10-12;1-4(6(9)10-3)7-5(2)8;1-3-4-2/h1-10H;4H,1-3H3,(H,7,8);4H,3H2,1-2H3. The number of nitrogens with one attached hydrogen (secondary N) is 2. The van der Waals surface area contributed by atoms with Crippen LogP contribution in [0.4, 0.5) is 0 Å². The summed E-state index contributed by atoms with van der Waals surface area (Å²) < 4.78 is 4.36. The van der Waals surface area contributed by atoms with Crippen LogP contribution in [0.1, 0.15) is 20.8 Å². The second kappa shape index (κ2) is 14.7. The maximum atomic E-state index is 10.6. The Hall–Kier alpha value is -2.66. The van der Waals surface area contributed by atoms with Crippen LogP contribution in [0.15, 0.2) is 60.7 Å². The normalized spacial score (nSPS) is 10.2. The Morgan fingerprint density at radius 2 is 1.35 bits per heavy atom. The molecule has 1 atom stereocenters. The van der Waals surface area contributed by atoms with Gasteiger partial charge < -0.3 is 15.4 Å². The van der Waals surface area contributed by atoms with Gasteiger partial charge in [-0.25, -0.2) is 4.79 Å². The van der Waals surface area contributed by atoms with E-state index in [1.807, 2.05) is 19.2 Å². The summed E-state index contributed by atoms with van der Waals surface area (Å²) in [5.41, 5.74) is 2.55. The van der Waals surface area contributed by atoms with E-state index in [0.29, 0.717) is 0 Å². The molecule has 0 aromatic heterocycles. The predicted octanol–water partition coefficient (Wildman–Crippen LogP) is 3.26. The van der Waals surface area contributed by atoms with Gasteiger partial charge >= 0.3 is 5.97 Å². The van der Waals surface area contributed by atoms with E-state index in [2.05, 4.69) is 70.8 Å².